The molecule has 0 aromatic heterocycles. The summed E-state index contributed by atoms with van der Waals surface area (Å²) in [5.41, 5.74) is 6.04. The zero-order chi connectivity index (χ0) is 13.6. The van der Waals surface area contributed by atoms with Gasteiger partial charge in [0, 0.05) is 22.9 Å². The van der Waals surface area contributed by atoms with E-state index in [1.54, 1.807) is 24.3 Å². The van der Waals surface area contributed by atoms with E-state index >= 15 is 0 Å². The Kier molecular flexibility index (Phi) is 5.61. The molecule has 0 bridgehead atoms. The quantitative estimate of drug-likeness (QED) is 0.643. The predicted octanol–water partition coefficient (Wildman–Crippen LogP) is 2.35. The molecule has 1 aromatic carbocycles. The number of hydrogen-bond acceptors (Lipinski definition) is 3. The number of ether oxygens (including phenoxy) is 1. The molecule has 0 heterocycles. The van der Waals surface area contributed by atoms with E-state index in [0.29, 0.717) is 17.0 Å². The largest absolute Gasteiger partial charge is 0.411 e. The van der Waals surface area contributed by atoms with Gasteiger partial charge in [0.1, 0.15) is 6.61 Å². The minimum Gasteiger partial charge on any atom is -0.399 e. The van der Waals surface area contributed by atoms with Crippen molar-refractivity contribution in [1.29, 1.82) is 0 Å². The minimum absolute atomic E-state index is 0.0619. The van der Waals surface area contributed by atoms with Crippen molar-refractivity contribution in [3.63, 3.8) is 0 Å². The van der Waals surface area contributed by atoms with Crippen LogP contribution in [0.25, 0.3) is 0 Å². The van der Waals surface area contributed by atoms with E-state index in [4.69, 9.17) is 5.73 Å². The fraction of sp³-hybridized carbons (Fsp3) is 0.455. The number of nitrogens with two attached hydrogens (primary N) is 1. The lowest BCUT2D eigenvalue weighted by Crippen LogP contribution is -2.17. The summed E-state index contributed by atoms with van der Waals surface area (Å²) in [5.74, 6) is 0.251. The molecule has 18 heavy (non-hydrogen) atoms. The first-order chi connectivity index (χ1) is 8.38. The molecule has 0 fully saturated rings. The van der Waals surface area contributed by atoms with Crippen molar-refractivity contribution in [3.8, 4) is 0 Å². The van der Waals surface area contributed by atoms with E-state index < -0.39 is 23.6 Å². The van der Waals surface area contributed by atoms with Crippen molar-refractivity contribution in [2.45, 2.75) is 17.5 Å². The van der Waals surface area contributed by atoms with Gasteiger partial charge in [0.2, 0.25) is 0 Å². The highest BCUT2D eigenvalue weighted by Gasteiger charge is 2.27. The van der Waals surface area contributed by atoms with Crippen LogP contribution < -0.4 is 5.73 Å². The van der Waals surface area contributed by atoms with Gasteiger partial charge in [-0.25, -0.2) is 0 Å². The van der Waals surface area contributed by atoms with E-state index in [2.05, 4.69) is 4.74 Å². The van der Waals surface area contributed by atoms with Gasteiger partial charge in [-0.05, 0) is 24.6 Å². The van der Waals surface area contributed by atoms with Crippen LogP contribution in [0, 0.1) is 0 Å². The summed E-state index contributed by atoms with van der Waals surface area (Å²) < 4.78 is 51.4. The van der Waals surface area contributed by atoms with Gasteiger partial charge in [-0.15, -0.1) is 0 Å². The van der Waals surface area contributed by atoms with Gasteiger partial charge in [-0.3, -0.25) is 4.21 Å². The van der Waals surface area contributed by atoms with Crippen molar-refractivity contribution >= 4 is 16.5 Å². The molecule has 1 atom stereocenters. The van der Waals surface area contributed by atoms with Crippen molar-refractivity contribution in [2.75, 3.05) is 24.7 Å². The van der Waals surface area contributed by atoms with Crippen LogP contribution in [0.2, 0.25) is 0 Å². The lowest BCUT2D eigenvalue weighted by Gasteiger charge is -2.07. The Morgan fingerprint density at radius 2 is 2.06 bits per heavy atom. The fourth-order valence-corrected chi connectivity index (χ4v) is 2.37. The summed E-state index contributed by atoms with van der Waals surface area (Å²) in [4.78, 5) is 0.575. The summed E-state index contributed by atoms with van der Waals surface area (Å²) in [7, 11) is -1.26. The van der Waals surface area contributed by atoms with Gasteiger partial charge >= 0.3 is 6.18 Å². The van der Waals surface area contributed by atoms with E-state index in [1.807, 2.05) is 0 Å². The lowest BCUT2D eigenvalue weighted by atomic mass is 10.3. The first kappa shape index (κ1) is 15.0. The average molecular weight is 281 g/mol. The van der Waals surface area contributed by atoms with Crippen molar-refractivity contribution in [2.24, 2.45) is 0 Å². The molecule has 0 aliphatic carbocycles. The molecule has 1 aromatic rings. The number of hydrogen-bond donors (Lipinski definition) is 1. The maximum Gasteiger partial charge on any atom is 0.411 e. The van der Waals surface area contributed by atoms with Crippen LogP contribution in [0.15, 0.2) is 29.2 Å². The van der Waals surface area contributed by atoms with Gasteiger partial charge in [-0.1, -0.05) is 6.07 Å². The summed E-state index contributed by atoms with van der Waals surface area (Å²) in [5, 5.41) is 0. The predicted molar refractivity (Wildman–Crippen MR) is 63.6 cm³/mol. The second-order valence-corrected chi connectivity index (χ2v) is 5.21. The number of nitrogen functional groups attached to an aromatic ring is 1. The Balaban J connectivity index is 2.26. The van der Waals surface area contributed by atoms with E-state index in [0.717, 1.165) is 0 Å². The molecule has 0 amide bonds. The van der Waals surface area contributed by atoms with Crippen LogP contribution in [0.5, 0.6) is 0 Å². The Morgan fingerprint density at radius 3 is 2.67 bits per heavy atom. The van der Waals surface area contributed by atoms with E-state index in [9.17, 15) is 17.4 Å². The SMILES string of the molecule is Nc1cccc(S(=O)CCCOCC(F)(F)F)c1. The Bertz CT molecular complexity index is 410. The van der Waals surface area contributed by atoms with E-state index in [-0.39, 0.29) is 12.4 Å². The lowest BCUT2D eigenvalue weighted by molar-refractivity contribution is -0.173. The maximum absolute atomic E-state index is 11.8. The molecule has 0 saturated carbocycles. The molecule has 102 valence electrons. The Morgan fingerprint density at radius 1 is 1.33 bits per heavy atom. The number of alkyl halides is 3. The zero-order valence-corrected chi connectivity index (χ0v) is 10.4. The molecule has 1 rings (SSSR count). The summed E-state index contributed by atoms with van der Waals surface area (Å²) in [6.45, 7) is -1.33. The van der Waals surface area contributed by atoms with Gasteiger partial charge in [0.25, 0.3) is 0 Å². The van der Waals surface area contributed by atoms with Gasteiger partial charge < -0.3 is 10.5 Å². The van der Waals surface area contributed by atoms with Crippen molar-refractivity contribution < 1.29 is 22.1 Å². The van der Waals surface area contributed by atoms with Crippen LogP contribution in [-0.2, 0) is 15.5 Å². The van der Waals surface area contributed by atoms with Crippen LogP contribution in [0.1, 0.15) is 6.42 Å². The van der Waals surface area contributed by atoms with E-state index in [1.165, 1.54) is 0 Å². The third-order valence-electron chi connectivity index (χ3n) is 2.01. The molecular formula is C11H14F3NO2S. The zero-order valence-electron chi connectivity index (χ0n) is 9.57. The summed E-state index contributed by atoms with van der Waals surface area (Å²) >= 11 is 0. The van der Waals surface area contributed by atoms with Crippen molar-refractivity contribution in [1.82, 2.24) is 0 Å². The molecule has 7 heteroatoms. The van der Waals surface area contributed by atoms with Crippen LogP contribution in [-0.4, -0.2) is 29.4 Å². The average Bonchev–Trinajstić information content (AvgIpc) is 2.26. The maximum atomic E-state index is 11.8. The first-order valence-electron chi connectivity index (χ1n) is 5.27. The molecule has 1 unspecified atom stereocenters. The molecule has 0 radical (unpaired) electrons. The van der Waals surface area contributed by atoms with Gasteiger partial charge in [0.05, 0.1) is 10.8 Å². The first-order valence-corrected chi connectivity index (χ1v) is 6.59. The van der Waals surface area contributed by atoms with Crippen molar-refractivity contribution in [3.05, 3.63) is 24.3 Å². The smallest absolute Gasteiger partial charge is 0.399 e. The van der Waals surface area contributed by atoms with Gasteiger partial charge in [0.15, 0.2) is 0 Å². The van der Waals surface area contributed by atoms with Crippen LogP contribution in [0.3, 0.4) is 0 Å². The number of rotatable bonds is 6. The second kappa shape index (κ2) is 6.75. The van der Waals surface area contributed by atoms with Gasteiger partial charge in [-0.2, -0.15) is 13.2 Å². The highest BCUT2D eigenvalue weighted by Crippen LogP contribution is 2.15. The summed E-state index contributed by atoms with van der Waals surface area (Å²) in [6, 6.07) is 6.62. The normalized spacial score (nSPS) is 13.5. The monoisotopic (exact) mass is 281 g/mol. The molecule has 0 aliphatic heterocycles. The fourth-order valence-electron chi connectivity index (χ4n) is 1.25. The number of anilines is 1. The second-order valence-electron chi connectivity index (χ2n) is 3.64. The topological polar surface area (TPSA) is 52.3 Å². The molecular weight excluding hydrogens is 267 g/mol. The molecule has 0 aliphatic rings. The molecule has 3 nitrogen and oxygen atoms in total. The van der Waals surface area contributed by atoms with Crippen LogP contribution >= 0.6 is 0 Å². The molecule has 2 N–H and O–H groups in total. The standard InChI is InChI=1S/C11H14F3NO2S/c12-11(13,14)8-17-5-2-6-18(16)10-4-1-3-9(15)7-10/h1,3-4,7H,2,5-6,8,15H2. The third kappa shape index (κ3) is 6.02. The molecule has 0 spiro atoms. The third-order valence-corrected chi connectivity index (χ3v) is 3.44. The highest BCUT2D eigenvalue weighted by molar-refractivity contribution is 7.85. The van der Waals surface area contributed by atoms with Crippen LogP contribution in [0.4, 0.5) is 18.9 Å². The Labute approximate surface area is 106 Å². The minimum atomic E-state index is -4.31. The Hall–Kier alpha value is -1.08. The highest BCUT2D eigenvalue weighted by atomic mass is 32.2. The number of benzene rings is 1. The number of halogens is 3. The molecule has 0 saturated heterocycles. The summed E-state index contributed by atoms with van der Waals surface area (Å²) in [6.07, 6.45) is -4.01.